The Morgan fingerprint density at radius 2 is 1.82 bits per heavy atom. The van der Waals surface area contributed by atoms with Crippen molar-refractivity contribution in [3.05, 3.63) is 78.1 Å². The minimum atomic E-state index is -1.69. The number of carbonyl (C=O) groups is 4. The van der Waals surface area contributed by atoms with Crippen molar-refractivity contribution in [3.63, 3.8) is 0 Å². The predicted molar refractivity (Wildman–Crippen MR) is 149 cm³/mol. The van der Waals surface area contributed by atoms with Gasteiger partial charge in [-0.05, 0) is 50.5 Å². The summed E-state index contributed by atoms with van der Waals surface area (Å²) < 4.78 is 30.7. The molecule has 9 nitrogen and oxygen atoms in total. The molecular weight excluding hydrogens is 539 g/mol. The molecule has 1 saturated heterocycles. The summed E-state index contributed by atoms with van der Waals surface area (Å²) in [6.07, 6.45) is -0.437. The molecule has 0 aromatic heterocycles. The molecule has 0 bridgehead atoms. The van der Waals surface area contributed by atoms with Gasteiger partial charge in [-0.2, -0.15) is 11.8 Å². The van der Waals surface area contributed by atoms with Gasteiger partial charge in [-0.25, -0.2) is 14.0 Å². The molecule has 1 unspecified atom stereocenters. The van der Waals surface area contributed by atoms with Gasteiger partial charge >= 0.3 is 18.2 Å². The number of hydrogen-bond acceptors (Lipinski definition) is 8. The van der Waals surface area contributed by atoms with Crippen molar-refractivity contribution in [2.24, 2.45) is 5.41 Å². The highest BCUT2D eigenvalue weighted by atomic mass is 32.2. The van der Waals surface area contributed by atoms with E-state index in [1.54, 1.807) is 45.0 Å². The molecule has 1 fully saturated rings. The number of Topliss-reactive ketones (excluding diaryl/α,β-unsaturated/α-hetero) is 1. The molecule has 2 amide bonds. The van der Waals surface area contributed by atoms with E-state index in [0.29, 0.717) is 5.56 Å². The molecule has 1 aliphatic rings. The van der Waals surface area contributed by atoms with E-state index in [9.17, 15) is 23.6 Å². The van der Waals surface area contributed by atoms with Crippen molar-refractivity contribution in [3.8, 4) is 0 Å². The van der Waals surface area contributed by atoms with Gasteiger partial charge in [0.2, 0.25) is 0 Å². The summed E-state index contributed by atoms with van der Waals surface area (Å²) in [6.45, 7) is 8.50. The molecular formula is C29H33FN2O7S. The first-order chi connectivity index (χ1) is 18.9. The minimum Gasteiger partial charge on any atom is -0.461 e. The van der Waals surface area contributed by atoms with E-state index in [2.05, 4.69) is 17.2 Å². The Hall–Kier alpha value is -3.86. The van der Waals surface area contributed by atoms with E-state index < -0.39 is 46.8 Å². The highest BCUT2D eigenvalue weighted by Crippen LogP contribution is 2.37. The molecule has 0 aliphatic carbocycles. The van der Waals surface area contributed by atoms with E-state index >= 15 is 0 Å². The number of halogens is 1. The molecule has 1 heterocycles. The van der Waals surface area contributed by atoms with Crippen LogP contribution in [-0.2, 0) is 36.8 Å². The number of alkyl carbamates (subject to hydrolysis) is 1. The highest BCUT2D eigenvalue weighted by molar-refractivity contribution is 7.99. The van der Waals surface area contributed by atoms with Crippen molar-refractivity contribution in [1.82, 2.24) is 5.32 Å². The lowest BCUT2D eigenvalue weighted by molar-refractivity contribution is -0.158. The van der Waals surface area contributed by atoms with Crippen LogP contribution in [0.1, 0.15) is 31.9 Å². The van der Waals surface area contributed by atoms with Gasteiger partial charge in [0.1, 0.15) is 36.1 Å². The second-order valence-corrected chi connectivity index (χ2v) is 11.3. The number of thioether (sulfide) groups is 1. The van der Waals surface area contributed by atoms with Crippen LogP contribution < -0.4 is 10.6 Å². The first kappa shape index (κ1) is 30.7. The molecule has 0 radical (unpaired) electrons. The number of ketones is 1. The molecule has 11 heteroatoms. The van der Waals surface area contributed by atoms with Crippen LogP contribution in [0.4, 0.5) is 19.7 Å². The topological polar surface area (TPSA) is 120 Å². The molecule has 40 heavy (non-hydrogen) atoms. The molecule has 0 saturated carbocycles. The van der Waals surface area contributed by atoms with Gasteiger partial charge < -0.3 is 19.5 Å². The number of ether oxygens (including phenoxy) is 3. The third kappa shape index (κ3) is 8.32. The monoisotopic (exact) mass is 572 g/mol. The van der Waals surface area contributed by atoms with Crippen LogP contribution in [0.25, 0.3) is 0 Å². The molecule has 1 aliphatic heterocycles. The maximum atomic E-state index is 15.0. The Balaban J connectivity index is 1.76. The zero-order valence-electron chi connectivity index (χ0n) is 22.7. The predicted octanol–water partition coefficient (Wildman–Crippen LogP) is 5.04. The smallest absolute Gasteiger partial charge is 0.412 e. The van der Waals surface area contributed by atoms with Crippen molar-refractivity contribution in [1.29, 1.82) is 0 Å². The van der Waals surface area contributed by atoms with E-state index in [0.717, 1.165) is 11.6 Å². The maximum Gasteiger partial charge on any atom is 0.412 e. The van der Waals surface area contributed by atoms with Crippen LogP contribution in [0.15, 0.2) is 61.2 Å². The van der Waals surface area contributed by atoms with E-state index in [1.165, 1.54) is 30.0 Å². The Kier molecular flexibility index (Phi) is 10.3. The van der Waals surface area contributed by atoms with Crippen LogP contribution in [-0.4, -0.2) is 53.7 Å². The number of nitrogens with one attached hydrogen (secondary N) is 2. The average Bonchev–Trinajstić information content (AvgIpc) is 2.89. The quantitative estimate of drug-likeness (QED) is 0.186. The van der Waals surface area contributed by atoms with Gasteiger partial charge in [-0.3, -0.25) is 14.9 Å². The number of benzene rings is 2. The fraction of sp³-hybridized carbons (Fsp3) is 0.379. The summed E-state index contributed by atoms with van der Waals surface area (Å²) in [7, 11) is 0. The van der Waals surface area contributed by atoms with Crippen LogP contribution in [0.3, 0.4) is 0 Å². The van der Waals surface area contributed by atoms with Crippen LogP contribution in [0, 0.1) is 11.2 Å². The van der Waals surface area contributed by atoms with E-state index in [4.69, 9.17) is 14.2 Å². The Bertz CT molecular complexity index is 1250. The fourth-order valence-corrected chi connectivity index (χ4v) is 5.32. The van der Waals surface area contributed by atoms with Gasteiger partial charge in [0, 0.05) is 11.5 Å². The summed E-state index contributed by atoms with van der Waals surface area (Å²) in [5.41, 5.74) is -1.50. The third-order valence-electron chi connectivity index (χ3n) is 5.82. The largest absolute Gasteiger partial charge is 0.461 e. The summed E-state index contributed by atoms with van der Waals surface area (Å²) >= 11 is 1.29. The van der Waals surface area contributed by atoms with Crippen LogP contribution in [0.2, 0.25) is 0 Å². The summed E-state index contributed by atoms with van der Waals surface area (Å²) in [4.78, 5) is 51.4. The summed E-state index contributed by atoms with van der Waals surface area (Å²) in [5, 5.41) is 4.90. The SMILES string of the molecule is C=CCOC(=O)C1(Cc2ccc(NC(=O)OCc3ccccc3)c(F)c2)CSC[C@H](NC(=O)OC(C)(C)C)C1=O. The lowest BCUT2D eigenvalue weighted by Gasteiger charge is -2.37. The first-order valence-electron chi connectivity index (χ1n) is 12.6. The lowest BCUT2D eigenvalue weighted by Crippen LogP contribution is -2.58. The lowest BCUT2D eigenvalue weighted by atomic mass is 9.76. The number of carbonyl (C=O) groups excluding carboxylic acids is 4. The second kappa shape index (κ2) is 13.5. The summed E-state index contributed by atoms with van der Waals surface area (Å²) in [6, 6.07) is 12.0. The number of esters is 1. The molecule has 2 aromatic carbocycles. The molecule has 2 aromatic rings. The second-order valence-electron chi connectivity index (χ2n) is 10.2. The van der Waals surface area contributed by atoms with Gasteiger partial charge in [0.25, 0.3) is 0 Å². The zero-order valence-corrected chi connectivity index (χ0v) is 23.5. The summed E-state index contributed by atoms with van der Waals surface area (Å²) in [5.74, 6) is -1.83. The highest BCUT2D eigenvalue weighted by Gasteiger charge is 2.53. The van der Waals surface area contributed by atoms with Crippen LogP contribution in [0.5, 0.6) is 0 Å². The number of amides is 2. The Morgan fingerprint density at radius 1 is 1.10 bits per heavy atom. The molecule has 2 N–H and O–H groups in total. The van der Waals surface area contributed by atoms with Crippen molar-refractivity contribution < 1.29 is 37.8 Å². The van der Waals surface area contributed by atoms with E-state index in [1.807, 2.05) is 6.07 Å². The Morgan fingerprint density at radius 3 is 2.48 bits per heavy atom. The third-order valence-corrected chi connectivity index (χ3v) is 7.09. The number of hydrogen-bond donors (Lipinski definition) is 2. The van der Waals surface area contributed by atoms with Crippen molar-refractivity contribution >= 4 is 41.4 Å². The maximum absolute atomic E-state index is 15.0. The van der Waals surface area contributed by atoms with Crippen molar-refractivity contribution in [2.45, 2.75) is 45.4 Å². The Labute approximate surface area is 236 Å². The van der Waals surface area contributed by atoms with Crippen LogP contribution >= 0.6 is 11.8 Å². The van der Waals surface area contributed by atoms with E-state index in [-0.39, 0.29) is 36.8 Å². The standard InChI is InChI=1S/C29H33FN2O7S/c1-5-13-37-25(34)29(18-40-17-23(24(29)33)32-27(36)39-28(2,3)4)15-20-11-12-22(21(30)14-20)31-26(35)38-16-19-9-7-6-8-10-19/h5-12,14,23H,1,13,15-18H2,2-4H3,(H,31,35)(H,32,36)/t23-,29?/m0/s1. The van der Waals surface area contributed by atoms with Gasteiger partial charge in [0.05, 0.1) is 5.69 Å². The molecule has 214 valence electrons. The fourth-order valence-electron chi connectivity index (χ4n) is 4.02. The van der Waals surface area contributed by atoms with Gasteiger partial charge in [0.15, 0.2) is 5.78 Å². The first-order valence-corrected chi connectivity index (χ1v) is 13.7. The molecule has 3 rings (SSSR count). The number of anilines is 1. The molecule has 2 atom stereocenters. The van der Waals surface area contributed by atoms with Gasteiger partial charge in [-0.15, -0.1) is 0 Å². The number of rotatable bonds is 9. The van der Waals surface area contributed by atoms with Crippen molar-refractivity contribution in [2.75, 3.05) is 23.4 Å². The normalized spacial score (nSPS) is 18.8. The van der Waals surface area contributed by atoms with Gasteiger partial charge in [-0.1, -0.05) is 49.1 Å². The zero-order chi connectivity index (χ0) is 29.3. The average molecular weight is 573 g/mol. The minimum absolute atomic E-state index is 0.0139. The molecule has 0 spiro atoms.